The Bertz CT molecular complexity index is 114. The van der Waals surface area contributed by atoms with Crippen LogP contribution in [0.5, 0.6) is 0 Å². The van der Waals surface area contributed by atoms with E-state index in [1.807, 2.05) is 6.08 Å². The van der Waals surface area contributed by atoms with Gasteiger partial charge in [0.1, 0.15) is 0 Å². The van der Waals surface area contributed by atoms with Crippen molar-refractivity contribution in [1.82, 2.24) is 0 Å². The summed E-state index contributed by atoms with van der Waals surface area (Å²) in [5, 5.41) is 0. The number of hydrogen-bond donors (Lipinski definition) is 0. The Kier molecular flexibility index (Phi) is 5.09. The SMILES string of the molecule is C=CC1=CCCCC1.[Pt]. The molecule has 0 radical (unpaired) electrons. The van der Waals surface area contributed by atoms with Crippen molar-refractivity contribution in [3.05, 3.63) is 24.3 Å². The van der Waals surface area contributed by atoms with Gasteiger partial charge in [-0.15, -0.1) is 0 Å². The van der Waals surface area contributed by atoms with Gasteiger partial charge in [-0.25, -0.2) is 0 Å². The minimum atomic E-state index is 0. The van der Waals surface area contributed by atoms with E-state index in [4.69, 9.17) is 0 Å². The molecule has 0 nitrogen and oxygen atoms in total. The van der Waals surface area contributed by atoms with Gasteiger partial charge in [-0.1, -0.05) is 24.3 Å². The van der Waals surface area contributed by atoms with Gasteiger partial charge < -0.3 is 0 Å². The molecule has 0 amide bonds. The maximum atomic E-state index is 3.72. The third kappa shape index (κ3) is 3.01. The van der Waals surface area contributed by atoms with Crippen LogP contribution < -0.4 is 0 Å². The quantitative estimate of drug-likeness (QED) is 0.699. The fourth-order valence-electron chi connectivity index (χ4n) is 1.05. The number of rotatable bonds is 1. The van der Waals surface area contributed by atoms with E-state index < -0.39 is 0 Å². The summed E-state index contributed by atoms with van der Waals surface area (Å²) in [6.07, 6.45) is 9.51. The van der Waals surface area contributed by atoms with Crippen molar-refractivity contribution in [2.45, 2.75) is 25.7 Å². The van der Waals surface area contributed by atoms with Gasteiger partial charge in [0, 0.05) is 21.1 Å². The first-order valence-corrected chi connectivity index (χ1v) is 3.25. The first-order valence-electron chi connectivity index (χ1n) is 3.25. The molecule has 0 heterocycles. The summed E-state index contributed by atoms with van der Waals surface area (Å²) in [5.41, 5.74) is 1.44. The van der Waals surface area contributed by atoms with Gasteiger partial charge in [0.2, 0.25) is 0 Å². The predicted molar refractivity (Wildman–Crippen MR) is 36.7 cm³/mol. The van der Waals surface area contributed by atoms with Crippen LogP contribution in [-0.4, -0.2) is 0 Å². The van der Waals surface area contributed by atoms with Gasteiger partial charge in [0.25, 0.3) is 0 Å². The first-order chi connectivity index (χ1) is 3.93. The summed E-state index contributed by atoms with van der Waals surface area (Å²) in [6.45, 7) is 3.72. The zero-order chi connectivity index (χ0) is 5.82. The Labute approximate surface area is 71.3 Å². The molecule has 1 aliphatic rings. The van der Waals surface area contributed by atoms with Crippen LogP contribution in [0.2, 0.25) is 0 Å². The van der Waals surface area contributed by atoms with E-state index in [0.717, 1.165) is 0 Å². The standard InChI is InChI=1S/C8H12.Pt/c1-2-8-6-4-3-5-7-8;/h2,6H,1,3-5,7H2;. The number of hydrogen-bond acceptors (Lipinski definition) is 0. The van der Waals surface area contributed by atoms with Gasteiger partial charge in [-0.05, 0) is 25.7 Å². The van der Waals surface area contributed by atoms with Crippen LogP contribution in [0.3, 0.4) is 0 Å². The molecule has 0 saturated carbocycles. The van der Waals surface area contributed by atoms with E-state index in [1.54, 1.807) is 0 Å². The molecule has 0 aliphatic heterocycles. The Morgan fingerprint density at radius 1 is 1.44 bits per heavy atom. The summed E-state index contributed by atoms with van der Waals surface area (Å²) in [7, 11) is 0. The molecule has 0 N–H and O–H groups in total. The maximum absolute atomic E-state index is 3.72. The van der Waals surface area contributed by atoms with Crippen molar-refractivity contribution in [1.29, 1.82) is 0 Å². The second-order valence-electron chi connectivity index (χ2n) is 2.23. The van der Waals surface area contributed by atoms with Gasteiger partial charge in [0.05, 0.1) is 0 Å². The van der Waals surface area contributed by atoms with Gasteiger partial charge in [0.15, 0.2) is 0 Å². The fraction of sp³-hybridized carbons (Fsp3) is 0.500. The molecule has 1 rings (SSSR count). The van der Waals surface area contributed by atoms with E-state index in [2.05, 4.69) is 12.7 Å². The molecular weight excluding hydrogens is 291 g/mol. The van der Waals surface area contributed by atoms with Gasteiger partial charge in [-0.3, -0.25) is 0 Å². The van der Waals surface area contributed by atoms with E-state index in [-0.39, 0.29) is 21.1 Å². The second kappa shape index (κ2) is 4.99. The van der Waals surface area contributed by atoms with E-state index in [1.165, 1.54) is 31.3 Å². The maximum Gasteiger partial charge on any atom is 0 e. The van der Waals surface area contributed by atoms with Crippen LogP contribution in [0, 0.1) is 0 Å². The zero-order valence-corrected chi connectivity index (χ0v) is 7.78. The van der Waals surface area contributed by atoms with Crippen molar-refractivity contribution in [2.24, 2.45) is 0 Å². The molecule has 0 fully saturated rings. The molecule has 0 spiro atoms. The number of allylic oxidation sites excluding steroid dienone is 3. The van der Waals surface area contributed by atoms with Gasteiger partial charge in [-0.2, -0.15) is 0 Å². The van der Waals surface area contributed by atoms with Crippen molar-refractivity contribution >= 4 is 0 Å². The average Bonchev–Trinajstić information content (AvgIpc) is 1.90. The Balaban J connectivity index is 0.000000640. The second-order valence-corrected chi connectivity index (χ2v) is 2.23. The van der Waals surface area contributed by atoms with Crippen molar-refractivity contribution in [3.63, 3.8) is 0 Å². The molecule has 0 aromatic carbocycles. The minimum absolute atomic E-state index is 0. The van der Waals surface area contributed by atoms with Crippen LogP contribution >= 0.6 is 0 Å². The molecule has 0 unspecified atom stereocenters. The van der Waals surface area contributed by atoms with Gasteiger partial charge >= 0.3 is 0 Å². The average molecular weight is 303 g/mol. The Morgan fingerprint density at radius 3 is 2.56 bits per heavy atom. The fourth-order valence-corrected chi connectivity index (χ4v) is 1.05. The predicted octanol–water partition coefficient (Wildman–Crippen LogP) is 2.67. The van der Waals surface area contributed by atoms with Crippen LogP contribution in [0.15, 0.2) is 24.3 Å². The molecule has 0 saturated heterocycles. The third-order valence-electron chi connectivity index (χ3n) is 1.59. The van der Waals surface area contributed by atoms with Crippen LogP contribution in [0.1, 0.15) is 25.7 Å². The molecule has 1 heteroatoms. The van der Waals surface area contributed by atoms with Crippen LogP contribution in [0.4, 0.5) is 0 Å². The summed E-state index contributed by atoms with van der Waals surface area (Å²) in [5.74, 6) is 0. The van der Waals surface area contributed by atoms with Crippen molar-refractivity contribution in [2.75, 3.05) is 0 Å². The van der Waals surface area contributed by atoms with Crippen LogP contribution in [0.25, 0.3) is 0 Å². The monoisotopic (exact) mass is 303 g/mol. The van der Waals surface area contributed by atoms with Crippen LogP contribution in [-0.2, 0) is 21.1 Å². The molecule has 0 atom stereocenters. The van der Waals surface area contributed by atoms with E-state index >= 15 is 0 Å². The summed E-state index contributed by atoms with van der Waals surface area (Å²) in [4.78, 5) is 0. The molecule has 9 heavy (non-hydrogen) atoms. The van der Waals surface area contributed by atoms with Crippen molar-refractivity contribution in [3.8, 4) is 0 Å². The zero-order valence-electron chi connectivity index (χ0n) is 5.51. The molecule has 54 valence electrons. The molecule has 0 aromatic heterocycles. The van der Waals surface area contributed by atoms with E-state index in [0.29, 0.717) is 0 Å². The molecule has 0 bridgehead atoms. The molecule has 1 aliphatic carbocycles. The largest absolute Gasteiger partial charge is 0.0988 e. The summed E-state index contributed by atoms with van der Waals surface area (Å²) in [6, 6.07) is 0. The minimum Gasteiger partial charge on any atom is -0.0988 e. The topological polar surface area (TPSA) is 0 Å². The Hall–Kier alpha value is 0.168. The smallest absolute Gasteiger partial charge is 0 e. The molecule has 0 aromatic rings. The first kappa shape index (κ1) is 9.17. The molecular formula is C8H12Pt. The third-order valence-corrected chi connectivity index (χ3v) is 1.59. The summed E-state index contributed by atoms with van der Waals surface area (Å²) >= 11 is 0. The normalized spacial score (nSPS) is 17.6. The van der Waals surface area contributed by atoms with E-state index in [9.17, 15) is 0 Å². The van der Waals surface area contributed by atoms with Crippen molar-refractivity contribution < 1.29 is 21.1 Å². The Morgan fingerprint density at radius 2 is 2.22 bits per heavy atom. The summed E-state index contributed by atoms with van der Waals surface area (Å²) < 4.78 is 0.